The number of likely N-dealkylation sites (N-methyl/N-ethyl adjacent to an activating group) is 1. The number of hydrogen-bond acceptors (Lipinski definition) is 11. The molecule has 3 atom stereocenters. The zero-order valence-electron chi connectivity index (χ0n) is 40.3. The number of aromatic nitrogens is 4. The SMILES string of the molecule is CN[C@@H](C)C(=O)NC(C(=O)N1CCN(C(=O)c2cc3cc(F)ccc3n2CC(=O)NCCOCCNC(=O)C[C@@H]2N=C(c3ccc(Cl)cc3)c3c(sc(C)c3C)-n3c(C)nnc32)CC1)C1CCCCC1. The summed E-state index contributed by atoms with van der Waals surface area (Å²) < 4.78 is 23.8. The number of halogens is 2. The number of aryl methyl sites for hydroxylation is 2. The quantitative estimate of drug-likeness (QED) is 0.0907. The van der Waals surface area contributed by atoms with E-state index in [0.717, 1.165) is 64.4 Å². The second-order valence-electron chi connectivity index (χ2n) is 18.3. The number of aliphatic imine (C=N–C) groups is 1. The molecule has 3 aliphatic rings. The van der Waals surface area contributed by atoms with E-state index >= 15 is 0 Å². The minimum absolute atomic E-state index is 0.0257. The van der Waals surface area contributed by atoms with Crippen LogP contribution in [0, 0.1) is 32.5 Å². The molecule has 1 aliphatic carbocycles. The van der Waals surface area contributed by atoms with Gasteiger partial charge in [0, 0.05) is 71.2 Å². The molecule has 2 fully saturated rings. The van der Waals surface area contributed by atoms with Crippen LogP contribution in [0.4, 0.5) is 4.39 Å². The molecule has 0 spiro atoms. The first kappa shape index (κ1) is 50.4. The van der Waals surface area contributed by atoms with Crippen molar-refractivity contribution in [3.05, 3.63) is 98.3 Å². The lowest BCUT2D eigenvalue weighted by molar-refractivity contribution is -0.140. The van der Waals surface area contributed by atoms with Gasteiger partial charge in [-0.2, -0.15) is 0 Å². The molecule has 5 heterocycles. The number of amides is 5. The highest BCUT2D eigenvalue weighted by Crippen LogP contribution is 2.40. The van der Waals surface area contributed by atoms with Crippen molar-refractivity contribution in [3.8, 4) is 5.00 Å². The molecular formula is C50H61ClFN11O6S. The third kappa shape index (κ3) is 11.1. The summed E-state index contributed by atoms with van der Waals surface area (Å²) in [6, 6.07) is 11.6. The molecule has 1 saturated heterocycles. The van der Waals surface area contributed by atoms with E-state index in [4.69, 9.17) is 21.3 Å². The van der Waals surface area contributed by atoms with Crippen LogP contribution in [0.15, 0.2) is 53.5 Å². The molecule has 3 aromatic heterocycles. The van der Waals surface area contributed by atoms with Crippen LogP contribution in [-0.2, 0) is 30.5 Å². The molecule has 1 unspecified atom stereocenters. The highest BCUT2D eigenvalue weighted by Gasteiger charge is 2.37. The summed E-state index contributed by atoms with van der Waals surface area (Å²) in [5.41, 5.74) is 4.46. The van der Waals surface area contributed by atoms with Gasteiger partial charge in [-0.1, -0.05) is 43.0 Å². The molecular weight excluding hydrogens is 937 g/mol. The third-order valence-electron chi connectivity index (χ3n) is 13.6. The van der Waals surface area contributed by atoms with Crippen molar-refractivity contribution in [1.29, 1.82) is 0 Å². The number of benzene rings is 2. The third-order valence-corrected chi connectivity index (χ3v) is 15.1. The number of carbonyl (C=O) groups excluding carboxylic acids is 5. The van der Waals surface area contributed by atoms with E-state index in [9.17, 15) is 28.4 Å². The number of nitrogens with one attached hydrogen (secondary N) is 4. The molecule has 5 aromatic rings. The Labute approximate surface area is 415 Å². The van der Waals surface area contributed by atoms with Crippen LogP contribution in [0.3, 0.4) is 0 Å². The number of hydrogen-bond donors (Lipinski definition) is 4. The van der Waals surface area contributed by atoms with Crippen LogP contribution >= 0.6 is 22.9 Å². The van der Waals surface area contributed by atoms with Crippen molar-refractivity contribution < 1.29 is 33.1 Å². The van der Waals surface area contributed by atoms with Gasteiger partial charge in [0.15, 0.2) is 5.82 Å². The van der Waals surface area contributed by atoms with Crippen LogP contribution in [0.5, 0.6) is 0 Å². The number of carbonyl (C=O) groups is 5. The lowest BCUT2D eigenvalue weighted by Gasteiger charge is -2.39. The van der Waals surface area contributed by atoms with E-state index in [1.807, 2.05) is 35.8 Å². The van der Waals surface area contributed by atoms with Crippen molar-refractivity contribution >= 4 is 69.1 Å². The number of ether oxygens (including phenoxy) is 1. The molecule has 70 heavy (non-hydrogen) atoms. The summed E-state index contributed by atoms with van der Waals surface area (Å²) in [6.45, 7) is 9.38. The van der Waals surface area contributed by atoms with Gasteiger partial charge in [-0.05, 0) is 95.5 Å². The van der Waals surface area contributed by atoms with E-state index in [0.29, 0.717) is 27.6 Å². The first-order valence-electron chi connectivity index (χ1n) is 24.0. The maximum atomic E-state index is 14.4. The predicted octanol–water partition coefficient (Wildman–Crippen LogP) is 5.19. The fourth-order valence-corrected chi connectivity index (χ4v) is 10.9. The maximum absolute atomic E-state index is 14.4. The largest absolute Gasteiger partial charge is 0.378 e. The van der Waals surface area contributed by atoms with Crippen molar-refractivity contribution in [2.24, 2.45) is 10.9 Å². The lowest BCUT2D eigenvalue weighted by Crippen LogP contribution is -2.59. The molecule has 1 saturated carbocycles. The fraction of sp³-hybridized carbons (Fsp3) is 0.480. The molecule has 0 radical (unpaired) electrons. The molecule has 372 valence electrons. The maximum Gasteiger partial charge on any atom is 0.270 e. The minimum atomic E-state index is -0.638. The van der Waals surface area contributed by atoms with Crippen LogP contribution in [-0.4, -0.2) is 136 Å². The molecule has 4 N–H and O–H groups in total. The van der Waals surface area contributed by atoms with Gasteiger partial charge in [0.05, 0.1) is 31.4 Å². The summed E-state index contributed by atoms with van der Waals surface area (Å²) in [4.78, 5) is 77.5. The van der Waals surface area contributed by atoms with Crippen molar-refractivity contribution in [1.82, 2.24) is 50.4 Å². The number of piperazine rings is 1. The monoisotopic (exact) mass is 997 g/mol. The summed E-state index contributed by atoms with van der Waals surface area (Å²) in [6.07, 6.45) is 4.89. The van der Waals surface area contributed by atoms with Gasteiger partial charge in [0.25, 0.3) is 5.91 Å². The van der Waals surface area contributed by atoms with Crippen LogP contribution in [0.1, 0.15) is 95.2 Å². The molecule has 5 amide bonds. The summed E-state index contributed by atoms with van der Waals surface area (Å²) >= 11 is 7.88. The zero-order valence-corrected chi connectivity index (χ0v) is 41.9. The van der Waals surface area contributed by atoms with Crippen molar-refractivity contribution in [2.45, 2.75) is 90.9 Å². The molecule has 8 rings (SSSR count). The molecule has 2 aromatic carbocycles. The van der Waals surface area contributed by atoms with Gasteiger partial charge in [0.2, 0.25) is 23.6 Å². The van der Waals surface area contributed by atoms with Gasteiger partial charge in [-0.25, -0.2) is 4.39 Å². The van der Waals surface area contributed by atoms with Crippen LogP contribution in [0.25, 0.3) is 15.9 Å². The first-order valence-corrected chi connectivity index (χ1v) is 25.2. The molecule has 17 nitrogen and oxygen atoms in total. The Hall–Kier alpha value is -6.02. The fourth-order valence-electron chi connectivity index (χ4n) is 9.54. The van der Waals surface area contributed by atoms with Gasteiger partial charge >= 0.3 is 0 Å². The van der Waals surface area contributed by atoms with Gasteiger partial charge in [-0.3, -0.25) is 33.5 Å². The predicted molar refractivity (Wildman–Crippen MR) is 266 cm³/mol. The Morgan fingerprint density at radius 2 is 1.57 bits per heavy atom. The van der Waals surface area contributed by atoms with Crippen molar-refractivity contribution in [2.75, 3.05) is 59.5 Å². The number of nitrogens with zero attached hydrogens (tertiary/aromatic N) is 7. The Balaban J connectivity index is 0.830. The Kier molecular flexibility index (Phi) is 16.1. The van der Waals surface area contributed by atoms with Crippen LogP contribution in [0.2, 0.25) is 5.02 Å². The van der Waals surface area contributed by atoms with Gasteiger partial charge in [-0.15, -0.1) is 21.5 Å². The van der Waals surface area contributed by atoms with E-state index in [1.54, 1.807) is 51.8 Å². The second kappa shape index (κ2) is 22.4. The highest BCUT2D eigenvalue weighted by atomic mass is 35.5. The molecule has 20 heteroatoms. The number of rotatable bonds is 17. The zero-order chi connectivity index (χ0) is 49.6. The second-order valence-corrected chi connectivity index (χ2v) is 19.9. The van der Waals surface area contributed by atoms with E-state index in [1.165, 1.54) is 12.1 Å². The summed E-state index contributed by atoms with van der Waals surface area (Å²) in [7, 11) is 1.70. The Morgan fingerprint density at radius 1 is 0.886 bits per heavy atom. The lowest BCUT2D eigenvalue weighted by atomic mass is 9.83. The molecule has 2 aliphatic heterocycles. The minimum Gasteiger partial charge on any atom is -0.378 e. The smallest absolute Gasteiger partial charge is 0.270 e. The Morgan fingerprint density at radius 3 is 2.27 bits per heavy atom. The van der Waals surface area contributed by atoms with E-state index in [2.05, 4.69) is 45.3 Å². The topological polar surface area (TPSA) is 197 Å². The van der Waals surface area contributed by atoms with Gasteiger partial charge < -0.3 is 40.4 Å². The highest BCUT2D eigenvalue weighted by molar-refractivity contribution is 7.15. The standard InChI is InChI=1S/C50H61ClFN11O6S/c1-29-31(3)70-50-43(29)44(34-11-13-36(51)14-12-34)56-38(46-59-58-32(4)63(46)50)27-41(64)54-17-23-69-24-18-55-42(65)28-62-39-16-15-37(52)25-35(39)26-40(62)48(67)60-19-21-61(22-20-60)49(68)45(33-9-7-6-8-10-33)57-47(66)30(2)53-5/h11-16,25-26,30,33,38,45,53H,6-10,17-24,27-28H2,1-5H3,(H,54,64)(H,55,65)(H,57,66)/t30-,38-,45?/m0/s1. The van der Waals surface area contributed by atoms with E-state index < -0.39 is 23.9 Å². The van der Waals surface area contributed by atoms with Crippen molar-refractivity contribution in [3.63, 3.8) is 0 Å². The number of fused-ring (bicyclic) bond motifs is 4. The van der Waals surface area contributed by atoms with Crippen LogP contribution < -0.4 is 21.3 Å². The molecule has 0 bridgehead atoms. The normalized spacial score (nSPS) is 17.0. The first-order chi connectivity index (χ1) is 33.7. The average molecular weight is 999 g/mol. The number of thiophene rings is 1. The van der Waals surface area contributed by atoms with E-state index in [-0.39, 0.29) is 107 Å². The summed E-state index contributed by atoms with van der Waals surface area (Å²) in [5.74, 6) is -0.470. The average Bonchev–Trinajstić information content (AvgIpc) is 3.99. The van der Waals surface area contributed by atoms with Gasteiger partial charge in [0.1, 0.15) is 41.0 Å². The summed E-state index contributed by atoms with van der Waals surface area (Å²) in [5, 5.41) is 22.6. The Bertz CT molecular complexity index is 2770.